The van der Waals surface area contributed by atoms with Crippen molar-refractivity contribution < 1.29 is 14.3 Å². The molecule has 1 aliphatic rings. The smallest absolute Gasteiger partial charge is 0.161 e. The number of likely N-dealkylation sites (tertiary alicyclic amines) is 1. The summed E-state index contributed by atoms with van der Waals surface area (Å²) in [6, 6.07) is 5.35. The maximum absolute atomic E-state index is 11.4. The first-order valence-electron chi connectivity index (χ1n) is 8.64. The SMILES string of the molecule is COc1cc(C(C)=O)ccc1OCCCCN1CCC(C)CC1. The number of benzene rings is 1. The predicted octanol–water partition coefficient (Wildman–Crippen LogP) is 3.79. The van der Waals surface area contributed by atoms with Crippen molar-refractivity contribution in [3.63, 3.8) is 0 Å². The number of methoxy groups -OCH3 is 1. The maximum atomic E-state index is 11.4. The van der Waals surface area contributed by atoms with Gasteiger partial charge in [0, 0.05) is 5.56 Å². The molecule has 2 rings (SSSR count). The van der Waals surface area contributed by atoms with Gasteiger partial charge >= 0.3 is 0 Å². The molecule has 1 heterocycles. The van der Waals surface area contributed by atoms with E-state index in [1.807, 2.05) is 6.07 Å². The van der Waals surface area contributed by atoms with Crippen LogP contribution in [0, 0.1) is 5.92 Å². The van der Waals surface area contributed by atoms with Gasteiger partial charge in [0.15, 0.2) is 17.3 Å². The van der Waals surface area contributed by atoms with E-state index in [0.717, 1.165) is 25.3 Å². The van der Waals surface area contributed by atoms with Gasteiger partial charge in [-0.3, -0.25) is 4.79 Å². The Kier molecular flexibility index (Phi) is 6.90. The van der Waals surface area contributed by atoms with Crippen LogP contribution < -0.4 is 9.47 Å². The molecule has 0 saturated carbocycles. The van der Waals surface area contributed by atoms with Gasteiger partial charge < -0.3 is 14.4 Å². The summed E-state index contributed by atoms with van der Waals surface area (Å²) in [5, 5.41) is 0. The minimum atomic E-state index is 0.0331. The number of hydrogen-bond donors (Lipinski definition) is 0. The van der Waals surface area contributed by atoms with E-state index in [0.29, 0.717) is 23.7 Å². The number of carbonyl (C=O) groups is 1. The first-order valence-corrected chi connectivity index (χ1v) is 8.64. The number of ether oxygens (including phenoxy) is 2. The molecule has 1 aromatic rings. The Bertz CT molecular complexity index is 507. The van der Waals surface area contributed by atoms with Crippen LogP contribution in [0.5, 0.6) is 11.5 Å². The number of Topliss-reactive ketones (excluding diaryl/α,β-unsaturated/α-hetero) is 1. The van der Waals surface area contributed by atoms with Crippen molar-refractivity contribution in [1.29, 1.82) is 0 Å². The van der Waals surface area contributed by atoms with Crippen LogP contribution in [0.4, 0.5) is 0 Å². The molecule has 1 fully saturated rings. The van der Waals surface area contributed by atoms with Gasteiger partial charge in [-0.05, 0) is 76.4 Å². The largest absolute Gasteiger partial charge is 0.493 e. The summed E-state index contributed by atoms with van der Waals surface area (Å²) in [4.78, 5) is 14.0. The molecular formula is C19H29NO3. The molecular weight excluding hydrogens is 290 g/mol. The Labute approximate surface area is 139 Å². The summed E-state index contributed by atoms with van der Waals surface area (Å²) in [5.41, 5.74) is 0.647. The fourth-order valence-corrected chi connectivity index (χ4v) is 2.91. The first-order chi connectivity index (χ1) is 11.1. The van der Waals surface area contributed by atoms with Crippen molar-refractivity contribution in [3.05, 3.63) is 23.8 Å². The molecule has 0 bridgehead atoms. The molecule has 23 heavy (non-hydrogen) atoms. The van der Waals surface area contributed by atoms with Crippen molar-refractivity contribution in [2.24, 2.45) is 5.92 Å². The van der Waals surface area contributed by atoms with Crippen LogP contribution in [-0.2, 0) is 0 Å². The van der Waals surface area contributed by atoms with Crippen molar-refractivity contribution >= 4 is 5.78 Å². The van der Waals surface area contributed by atoms with E-state index >= 15 is 0 Å². The van der Waals surface area contributed by atoms with E-state index in [1.54, 1.807) is 26.2 Å². The van der Waals surface area contributed by atoms with Gasteiger partial charge in [-0.2, -0.15) is 0 Å². The number of ketones is 1. The van der Waals surface area contributed by atoms with Gasteiger partial charge in [0.2, 0.25) is 0 Å². The average molecular weight is 319 g/mol. The fraction of sp³-hybridized carbons (Fsp3) is 0.632. The number of piperidine rings is 1. The lowest BCUT2D eigenvalue weighted by Gasteiger charge is -2.30. The molecule has 1 saturated heterocycles. The Hall–Kier alpha value is -1.55. The van der Waals surface area contributed by atoms with E-state index in [2.05, 4.69) is 11.8 Å². The monoisotopic (exact) mass is 319 g/mol. The number of rotatable bonds is 8. The predicted molar refractivity (Wildman–Crippen MR) is 92.6 cm³/mol. The summed E-state index contributed by atoms with van der Waals surface area (Å²) in [6.45, 7) is 8.22. The minimum Gasteiger partial charge on any atom is -0.493 e. The molecule has 0 N–H and O–H groups in total. The zero-order valence-electron chi connectivity index (χ0n) is 14.6. The first kappa shape index (κ1) is 17.8. The Morgan fingerprint density at radius 1 is 1.22 bits per heavy atom. The van der Waals surface area contributed by atoms with Crippen LogP contribution in [-0.4, -0.2) is 44.0 Å². The number of unbranched alkanes of at least 4 members (excludes halogenated alkanes) is 1. The van der Waals surface area contributed by atoms with E-state index in [9.17, 15) is 4.79 Å². The van der Waals surface area contributed by atoms with E-state index in [1.165, 1.54) is 25.9 Å². The molecule has 128 valence electrons. The third kappa shape index (κ3) is 5.54. The normalized spacial score (nSPS) is 16.3. The fourth-order valence-electron chi connectivity index (χ4n) is 2.91. The highest BCUT2D eigenvalue weighted by molar-refractivity contribution is 5.94. The molecule has 4 nitrogen and oxygen atoms in total. The number of carbonyl (C=O) groups excluding carboxylic acids is 1. The molecule has 0 atom stereocenters. The highest BCUT2D eigenvalue weighted by Gasteiger charge is 2.14. The van der Waals surface area contributed by atoms with Crippen molar-refractivity contribution in [1.82, 2.24) is 4.90 Å². The van der Waals surface area contributed by atoms with Gasteiger partial charge in [0.1, 0.15) is 0 Å². The van der Waals surface area contributed by atoms with E-state index in [4.69, 9.17) is 9.47 Å². The third-order valence-electron chi connectivity index (χ3n) is 4.57. The second-order valence-electron chi connectivity index (χ2n) is 6.50. The van der Waals surface area contributed by atoms with Crippen LogP contribution in [0.2, 0.25) is 0 Å². The lowest BCUT2D eigenvalue weighted by Crippen LogP contribution is -2.33. The molecule has 0 spiro atoms. The van der Waals surface area contributed by atoms with Gasteiger partial charge in [0.25, 0.3) is 0 Å². The van der Waals surface area contributed by atoms with Gasteiger partial charge in [-0.1, -0.05) is 6.92 Å². The molecule has 1 aromatic carbocycles. The average Bonchev–Trinajstić information content (AvgIpc) is 2.56. The van der Waals surface area contributed by atoms with Gasteiger partial charge in [-0.15, -0.1) is 0 Å². The lowest BCUT2D eigenvalue weighted by molar-refractivity contribution is 0.101. The maximum Gasteiger partial charge on any atom is 0.161 e. The summed E-state index contributed by atoms with van der Waals surface area (Å²) in [7, 11) is 1.60. The summed E-state index contributed by atoms with van der Waals surface area (Å²) in [5.74, 6) is 2.26. The second-order valence-corrected chi connectivity index (χ2v) is 6.50. The molecule has 4 heteroatoms. The Morgan fingerprint density at radius 3 is 2.61 bits per heavy atom. The zero-order valence-corrected chi connectivity index (χ0v) is 14.6. The second kappa shape index (κ2) is 8.92. The van der Waals surface area contributed by atoms with E-state index < -0.39 is 0 Å². The zero-order chi connectivity index (χ0) is 16.7. The van der Waals surface area contributed by atoms with Crippen LogP contribution in [0.15, 0.2) is 18.2 Å². The summed E-state index contributed by atoms with van der Waals surface area (Å²) in [6.07, 6.45) is 4.85. The molecule has 0 radical (unpaired) electrons. The van der Waals surface area contributed by atoms with Gasteiger partial charge in [0.05, 0.1) is 13.7 Å². The molecule has 0 aliphatic carbocycles. The molecule has 0 amide bonds. The van der Waals surface area contributed by atoms with Gasteiger partial charge in [-0.25, -0.2) is 0 Å². The lowest BCUT2D eigenvalue weighted by atomic mass is 9.99. The highest BCUT2D eigenvalue weighted by Crippen LogP contribution is 2.28. The van der Waals surface area contributed by atoms with Crippen molar-refractivity contribution in [2.75, 3.05) is 33.4 Å². The number of nitrogens with zero attached hydrogens (tertiary/aromatic N) is 1. The van der Waals surface area contributed by atoms with Crippen LogP contribution in [0.1, 0.15) is 49.9 Å². The molecule has 1 aliphatic heterocycles. The molecule has 0 unspecified atom stereocenters. The van der Waals surface area contributed by atoms with Crippen molar-refractivity contribution in [2.45, 2.75) is 39.5 Å². The molecule has 0 aromatic heterocycles. The Balaban J connectivity index is 1.70. The minimum absolute atomic E-state index is 0.0331. The standard InChI is InChI=1S/C19H29NO3/c1-15-8-11-20(12-9-15)10-4-5-13-23-18-7-6-17(16(2)21)14-19(18)22-3/h6-7,14-15H,4-5,8-13H2,1-3H3. The topological polar surface area (TPSA) is 38.8 Å². The van der Waals surface area contributed by atoms with E-state index in [-0.39, 0.29) is 5.78 Å². The Morgan fingerprint density at radius 2 is 1.96 bits per heavy atom. The number of hydrogen-bond acceptors (Lipinski definition) is 4. The quantitative estimate of drug-likeness (QED) is 0.540. The van der Waals surface area contributed by atoms with Crippen LogP contribution >= 0.6 is 0 Å². The summed E-state index contributed by atoms with van der Waals surface area (Å²) < 4.78 is 11.1. The highest BCUT2D eigenvalue weighted by atomic mass is 16.5. The van der Waals surface area contributed by atoms with Crippen LogP contribution in [0.25, 0.3) is 0 Å². The third-order valence-corrected chi connectivity index (χ3v) is 4.57. The van der Waals surface area contributed by atoms with Crippen LogP contribution in [0.3, 0.4) is 0 Å². The van der Waals surface area contributed by atoms with Crippen molar-refractivity contribution in [3.8, 4) is 11.5 Å². The summed E-state index contributed by atoms with van der Waals surface area (Å²) >= 11 is 0.